The molecule has 1 amide bonds. The van der Waals surface area contributed by atoms with Crippen molar-refractivity contribution >= 4 is 11.6 Å². The van der Waals surface area contributed by atoms with Gasteiger partial charge in [-0.15, -0.1) is 0 Å². The maximum Gasteiger partial charge on any atom is 0.255 e. The number of pyridine rings is 3. The number of hydrogen-bond acceptors (Lipinski definition) is 5. The molecular weight excluding hydrogens is 350 g/mol. The van der Waals surface area contributed by atoms with E-state index in [0.717, 1.165) is 28.2 Å². The molecule has 0 saturated carbocycles. The second kappa shape index (κ2) is 7.97. The summed E-state index contributed by atoms with van der Waals surface area (Å²) in [6, 6.07) is 9.29. The third-order valence-corrected chi connectivity index (χ3v) is 4.40. The Morgan fingerprint density at radius 2 is 1.89 bits per heavy atom. The molecule has 3 aromatic rings. The zero-order chi connectivity index (χ0) is 20.3. The van der Waals surface area contributed by atoms with E-state index in [0.29, 0.717) is 16.8 Å². The van der Waals surface area contributed by atoms with Crippen molar-refractivity contribution in [3.05, 3.63) is 71.1 Å². The van der Waals surface area contributed by atoms with E-state index in [4.69, 9.17) is 0 Å². The largest absolute Gasteiger partial charge is 0.321 e. The monoisotopic (exact) mass is 371 g/mol. The van der Waals surface area contributed by atoms with Crippen molar-refractivity contribution in [1.29, 1.82) is 5.26 Å². The SMILES string of the molecule is Cc1cc(C(=O)Nc2cnc(C)c(-c3cnc(C(C)C)c(C#N)c3)c2)ccn1. The number of carbonyl (C=O) groups excluding carboxylic acids is 1. The van der Waals surface area contributed by atoms with Gasteiger partial charge in [-0.05, 0) is 44.0 Å². The molecule has 0 spiro atoms. The number of nitrogens with one attached hydrogen (secondary N) is 1. The molecule has 6 heteroatoms. The Hall–Kier alpha value is -3.59. The average Bonchev–Trinajstić information content (AvgIpc) is 2.68. The zero-order valence-electron chi connectivity index (χ0n) is 16.3. The summed E-state index contributed by atoms with van der Waals surface area (Å²) in [6.45, 7) is 7.73. The highest BCUT2D eigenvalue weighted by molar-refractivity contribution is 6.04. The van der Waals surface area contributed by atoms with Gasteiger partial charge in [0, 0.05) is 40.5 Å². The molecule has 1 N–H and O–H groups in total. The summed E-state index contributed by atoms with van der Waals surface area (Å²) in [4.78, 5) is 25.5. The molecule has 0 aliphatic rings. The molecule has 3 rings (SSSR count). The molecule has 0 radical (unpaired) electrons. The van der Waals surface area contributed by atoms with E-state index < -0.39 is 0 Å². The lowest BCUT2D eigenvalue weighted by atomic mass is 9.99. The second-order valence-electron chi connectivity index (χ2n) is 6.92. The van der Waals surface area contributed by atoms with Crippen LogP contribution in [0.5, 0.6) is 0 Å². The van der Waals surface area contributed by atoms with Crippen LogP contribution in [0.15, 0.2) is 42.9 Å². The molecule has 28 heavy (non-hydrogen) atoms. The lowest BCUT2D eigenvalue weighted by molar-refractivity contribution is 0.102. The molecule has 0 unspecified atom stereocenters. The fourth-order valence-corrected chi connectivity index (χ4v) is 2.96. The summed E-state index contributed by atoms with van der Waals surface area (Å²) >= 11 is 0. The van der Waals surface area contributed by atoms with Gasteiger partial charge in [-0.1, -0.05) is 13.8 Å². The molecule has 0 aromatic carbocycles. The van der Waals surface area contributed by atoms with Crippen molar-refractivity contribution in [1.82, 2.24) is 15.0 Å². The van der Waals surface area contributed by atoms with Crippen molar-refractivity contribution in [3.63, 3.8) is 0 Å². The minimum Gasteiger partial charge on any atom is -0.321 e. The molecule has 0 aliphatic carbocycles. The van der Waals surface area contributed by atoms with Crippen LogP contribution in [0, 0.1) is 25.2 Å². The topological polar surface area (TPSA) is 91.6 Å². The van der Waals surface area contributed by atoms with Gasteiger partial charge in [-0.2, -0.15) is 5.26 Å². The summed E-state index contributed by atoms with van der Waals surface area (Å²) in [5.74, 6) is -0.0644. The Balaban J connectivity index is 1.94. The Kier molecular flexibility index (Phi) is 5.46. The maximum absolute atomic E-state index is 12.5. The highest BCUT2D eigenvalue weighted by atomic mass is 16.1. The van der Waals surface area contributed by atoms with Crippen molar-refractivity contribution in [2.24, 2.45) is 0 Å². The van der Waals surface area contributed by atoms with Crippen LogP contribution in [-0.2, 0) is 0 Å². The Bertz CT molecular complexity index is 1080. The third-order valence-electron chi connectivity index (χ3n) is 4.40. The van der Waals surface area contributed by atoms with Gasteiger partial charge in [0.15, 0.2) is 0 Å². The molecule has 3 aromatic heterocycles. The van der Waals surface area contributed by atoms with Gasteiger partial charge in [0.05, 0.1) is 23.1 Å². The number of amides is 1. The summed E-state index contributed by atoms with van der Waals surface area (Å²) in [5, 5.41) is 12.3. The molecule has 0 saturated heterocycles. The number of aryl methyl sites for hydroxylation is 2. The van der Waals surface area contributed by atoms with E-state index in [-0.39, 0.29) is 11.8 Å². The number of aromatic nitrogens is 3. The summed E-state index contributed by atoms with van der Waals surface area (Å²) in [6.07, 6.45) is 4.97. The highest BCUT2D eigenvalue weighted by Gasteiger charge is 2.13. The van der Waals surface area contributed by atoms with Crippen LogP contribution < -0.4 is 5.32 Å². The summed E-state index contributed by atoms with van der Waals surface area (Å²) < 4.78 is 0. The number of anilines is 1. The highest BCUT2D eigenvalue weighted by Crippen LogP contribution is 2.28. The minimum atomic E-state index is -0.229. The average molecular weight is 371 g/mol. The Morgan fingerprint density at radius 3 is 2.57 bits per heavy atom. The number of nitriles is 1. The van der Waals surface area contributed by atoms with E-state index in [2.05, 4.69) is 26.3 Å². The van der Waals surface area contributed by atoms with Crippen LogP contribution in [0.4, 0.5) is 5.69 Å². The van der Waals surface area contributed by atoms with Crippen molar-refractivity contribution in [2.75, 3.05) is 5.32 Å². The first kappa shape index (κ1) is 19.2. The van der Waals surface area contributed by atoms with E-state index in [1.807, 2.05) is 39.8 Å². The third kappa shape index (κ3) is 4.04. The van der Waals surface area contributed by atoms with Gasteiger partial charge < -0.3 is 5.32 Å². The summed E-state index contributed by atoms with van der Waals surface area (Å²) in [5.41, 5.74) is 5.61. The van der Waals surface area contributed by atoms with Crippen molar-refractivity contribution in [3.8, 4) is 17.2 Å². The predicted octanol–water partition coefficient (Wildman–Crippen LogP) is 4.40. The number of rotatable bonds is 4. The quantitative estimate of drug-likeness (QED) is 0.734. The van der Waals surface area contributed by atoms with E-state index in [1.54, 1.807) is 30.7 Å². The molecule has 3 heterocycles. The predicted molar refractivity (Wildman–Crippen MR) is 108 cm³/mol. The minimum absolute atomic E-state index is 0.164. The van der Waals surface area contributed by atoms with Crippen LogP contribution >= 0.6 is 0 Å². The molecule has 0 atom stereocenters. The fraction of sp³-hybridized carbons (Fsp3) is 0.227. The van der Waals surface area contributed by atoms with Crippen LogP contribution in [-0.4, -0.2) is 20.9 Å². The lowest BCUT2D eigenvalue weighted by Crippen LogP contribution is -2.12. The van der Waals surface area contributed by atoms with Crippen LogP contribution in [0.2, 0.25) is 0 Å². The smallest absolute Gasteiger partial charge is 0.255 e. The number of nitrogens with zero attached hydrogens (tertiary/aromatic N) is 4. The normalized spacial score (nSPS) is 10.6. The Morgan fingerprint density at radius 1 is 1.11 bits per heavy atom. The van der Waals surface area contributed by atoms with E-state index >= 15 is 0 Å². The zero-order valence-corrected chi connectivity index (χ0v) is 16.3. The Labute approximate surface area is 164 Å². The van der Waals surface area contributed by atoms with Gasteiger partial charge in [0.25, 0.3) is 5.91 Å². The summed E-state index contributed by atoms with van der Waals surface area (Å²) in [7, 11) is 0. The van der Waals surface area contributed by atoms with Gasteiger partial charge >= 0.3 is 0 Å². The molecule has 6 nitrogen and oxygen atoms in total. The van der Waals surface area contributed by atoms with Crippen LogP contribution in [0.1, 0.15) is 52.8 Å². The van der Waals surface area contributed by atoms with E-state index in [1.165, 1.54) is 0 Å². The van der Waals surface area contributed by atoms with Crippen molar-refractivity contribution in [2.45, 2.75) is 33.6 Å². The molecular formula is C22H21N5O. The number of hydrogen-bond donors (Lipinski definition) is 1. The van der Waals surface area contributed by atoms with Gasteiger partial charge in [0.1, 0.15) is 6.07 Å². The van der Waals surface area contributed by atoms with Crippen molar-refractivity contribution < 1.29 is 4.79 Å². The maximum atomic E-state index is 12.5. The molecule has 0 bridgehead atoms. The van der Waals surface area contributed by atoms with Gasteiger partial charge in [-0.25, -0.2) is 0 Å². The number of carbonyl (C=O) groups is 1. The first-order valence-corrected chi connectivity index (χ1v) is 9.00. The standard InChI is InChI=1S/C22H21N5O/c1-13(2)21-17(10-23)8-18(11-26-21)20-9-19(12-25-15(20)4)27-22(28)16-5-6-24-14(3)7-16/h5-9,11-13H,1-4H3,(H,27,28). The van der Waals surface area contributed by atoms with Gasteiger partial charge in [-0.3, -0.25) is 19.7 Å². The lowest BCUT2D eigenvalue weighted by Gasteiger charge is -2.12. The fourth-order valence-electron chi connectivity index (χ4n) is 2.96. The van der Waals surface area contributed by atoms with Gasteiger partial charge in [0.2, 0.25) is 0 Å². The molecule has 140 valence electrons. The first-order chi connectivity index (χ1) is 13.4. The van der Waals surface area contributed by atoms with E-state index in [9.17, 15) is 10.1 Å². The van der Waals surface area contributed by atoms with Crippen LogP contribution in [0.3, 0.4) is 0 Å². The first-order valence-electron chi connectivity index (χ1n) is 9.00. The van der Waals surface area contributed by atoms with Crippen LogP contribution in [0.25, 0.3) is 11.1 Å². The molecule has 0 aliphatic heterocycles. The molecule has 0 fully saturated rings. The second-order valence-corrected chi connectivity index (χ2v) is 6.92.